The highest BCUT2D eigenvalue weighted by atomic mass is 32.1. The molecule has 0 unspecified atom stereocenters. The summed E-state index contributed by atoms with van der Waals surface area (Å²) in [5, 5.41) is 15.3. The van der Waals surface area contributed by atoms with Crippen molar-refractivity contribution in [3.63, 3.8) is 0 Å². The Balaban J connectivity index is 2.15. The van der Waals surface area contributed by atoms with Crippen LogP contribution in [-0.2, 0) is 6.54 Å². The Morgan fingerprint density at radius 1 is 1.37 bits per heavy atom. The standard InChI is InChI=1S/C12H11N3O3S/c13-11-9(4-1-5-10(11)15(17)18)12(16)14-7-8-3-2-6-19-8/h1-6H,7,13H2,(H,14,16). The molecule has 1 aromatic carbocycles. The third-order valence-electron chi connectivity index (χ3n) is 2.53. The van der Waals surface area contributed by atoms with Crippen molar-refractivity contribution < 1.29 is 9.72 Å². The fraction of sp³-hybridized carbons (Fsp3) is 0.0833. The number of rotatable bonds is 4. The van der Waals surface area contributed by atoms with Crippen LogP contribution in [0.4, 0.5) is 11.4 Å². The SMILES string of the molecule is Nc1c(C(=O)NCc2cccs2)cccc1[N+](=O)[O-]. The van der Waals surface area contributed by atoms with E-state index in [1.54, 1.807) is 0 Å². The summed E-state index contributed by atoms with van der Waals surface area (Å²) >= 11 is 1.52. The summed E-state index contributed by atoms with van der Waals surface area (Å²) in [6.45, 7) is 0.374. The third kappa shape index (κ3) is 2.89. The summed E-state index contributed by atoms with van der Waals surface area (Å²) in [5.74, 6) is -0.422. The van der Waals surface area contributed by atoms with Gasteiger partial charge >= 0.3 is 0 Å². The van der Waals surface area contributed by atoms with E-state index in [9.17, 15) is 14.9 Å². The average Bonchev–Trinajstić information content (AvgIpc) is 2.89. The lowest BCUT2D eigenvalue weighted by Crippen LogP contribution is -2.23. The summed E-state index contributed by atoms with van der Waals surface area (Å²) in [7, 11) is 0. The van der Waals surface area contributed by atoms with E-state index >= 15 is 0 Å². The second-order valence-corrected chi connectivity index (χ2v) is 4.79. The summed E-state index contributed by atoms with van der Waals surface area (Å²) in [6, 6.07) is 7.95. The lowest BCUT2D eigenvalue weighted by Gasteiger charge is -2.06. The fourth-order valence-corrected chi connectivity index (χ4v) is 2.23. The zero-order valence-corrected chi connectivity index (χ0v) is 10.6. The van der Waals surface area contributed by atoms with Crippen LogP contribution in [0.5, 0.6) is 0 Å². The van der Waals surface area contributed by atoms with E-state index in [2.05, 4.69) is 5.32 Å². The first kappa shape index (κ1) is 13.0. The Kier molecular flexibility index (Phi) is 3.76. The molecule has 2 rings (SSSR count). The molecule has 0 fully saturated rings. The largest absolute Gasteiger partial charge is 0.393 e. The van der Waals surface area contributed by atoms with Gasteiger partial charge in [0.25, 0.3) is 11.6 Å². The molecule has 0 aliphatic heterocycles. The van der Waals surface area contributed by atoms with E-state index in [1.807, 2.05) is 17.5 Å². The quantitative estimate of drug-likeness (QED) is 0.508. The van der Waals surface area contributed by atoms with Crippen LogP contribution in [0.25, 0.3) is 0 Å². The van der Waals surface area contributed by atoms with Gasteiger partial charge in [0.15, 0.2) is 0 Å². The van der Waals surface area contributed by atoms with Crippen LogP contribution < -0.4 is 11.1 Å². The van der Waals surface area contributed by atoms with E-state index in [-0.39, 0.29) is 16.9 Å². The lowest BCUT2D eigenvalue weighted by atomic mass is 10.1. The van der Waals surface area contributed by atoms with Gasteiger partial charge in [0.1, 0.15) is 5.69 Å². The van der Waals surface area contributed by atoms with Crippen LogP contribution in [0.2, 0.25) is 0 Å². The number of nitro benzene ring substituents is 1. The Bertz CT molecular complexity index is 611. The van der Waals surface area contributed by atoms with E-state index in [0.29, 0.717) is 6.54 Å². The fourth-order valence-electron chi connectivity index (χ4n) is 1.59. The molecule has 6 nitrogen and oxygen atoms in total. The van der Waals surface area contributed by atoms with Crippen LogP contribution in [-0.4, -0.2) is 10.8 Å². The minimum Gasteiger partial charge on any atom is -0.393 e. The number of nitrogen functional groups attached to an aromatic ring is 1. The number of nitro groups is 1. The van der Waals surface area contributed by atoms with Gasteiger partial charge in [0.2, 0.25) is 0 Å². The molecule has 0 saturated heterocycles. The van der Waals surface area contributed by atoms with E-state index < -0.39 is 10.8 Å². The van der Waals surface area contributed by atoms with Gasteiger partial charge in [-0.05, 0) is 17.5 Å². The lowest BCUT2D eigenvalue weighted by molar-refractivity contribution is -0.383. The van der Waals surface area contributed by atoms with Crippen LogP contribution >= 0.6 is 11.3 Å². The number of amides is 1. The number of hydrogen-bond donors (Lipinski definition) is 2. The topological polar surface area (TPSA) is 98.3 Å². The minimum atomic E-state index is -0.606. The molecule has 3 N–H and O–H groups in total. The molecule has 1 heterocycles. The summed E-state index contributed by atoms with van der Waals surface area (Å²) in [5.41, 5.74) is 5.38. The Morgan fingerprint density at radius 3 is 2.79 bits per heavy atom. The van der Waals surface area contributed by atoms with Crippen molar-refractivity contribution in [2.75, 3.05) is 5.73 Å². The van der Waals surface area contributed by atoms with Gasteiger partial charge in [-0.15, -0.1) is 11.3 Å². The molecule has 0 radical (unpaired) electrons. The summed E-state index contributed by atoms with van der Waals surface area (Å²) in [4.78, 5) is 23.1. The molecule has 1 amide bonds. The molecular formula is C12H11N3O3S. The van der Waals surface area contributed by atoms with Gasteiger partial charge in [0.05, 0.1) is 17.0 Å². The Hall–Kier alpha value is -2.41. The van der Waals surface area contributed by atoms with Crippen molar-refractivity contribution in [1.29, 1.82) is 0 Å². The van der Waals surface area contributed by atoms with Gasteiger partial charge in [-0.2, -0.15) is 0 Å². The van der Waals surface area contributed by atoms with Crippen molar-refractivity contribution in [2.24, 2.45) is 0 Å². The summed E-state index contributed by atoms with van der Waals surface area (Å²) in [6.07, 6.45) is 0. The molecule has 1 aromatic heterocycles. The maximum absolute atomic E-state index is 11.9. The van der Waals surface area contributed by atoms with Crippen molar-refractivity contribution in [2.45, 2.75) is 6.54 Å². The van der Waals surface area contributed by atoms with Crippen LogP contribution in [0, 0.1) is 10.1 Å². The van der Waals surface area contributed by atoms with Gasteiger partial charge in [-0.3, -0.25) is 14.9 Å². The minimum absolute atomic E-state index is 0.115. The highest BCUT2D eigenvalue weighted by molar-refractivity contribution is 7.09. The normalized spacial score (nSPS) is 10.1. The highest BCUT2D eigenvalue weighted by Crippen LogP contribution is 2.24. The van der Waals surface area contributed by atoms with Crippen LogP contribution in [0.1, 0.15) is 15.2 Å². The number of benzene rings is 1. The number of anilines is 1. The van der Waals surface area contributed by atoms with Gasteiger partial charge in [-0.25, -0.2) is 0 Å². The number of hydrogen-bond acceptors (Lipinski definition) is 5. The number of para-hydroxylation sites is 1. The predicted octanol–water partition coefficient (Wildman–Crippen LogP) is 2.17. The van der Waals surface area contributed by atoms with Gasteiger partial charge in [-0.1, -0.05) is 12.1 Å². The first-order valence-corrected chi connectivity index (χ1v) is 6.31. The molecule has 0 aliphatic carbocycles. The van der Waals surface area contributed by atoms with Crippen LogP contribution in [0.3, 0.4) is 0 Å². The third-order valence-corrected chi connectivity index (χ3v) is 3.40. The Labute approximate surface area is 113 Å². The molecule has 0 saturated carbocycles. The highest BCUT2D eigenvalue weighted by Gasteiger charge is 2.18. The molecule has 0 aliphatic rings. The molecular weight excluding hydrogens is 266 g/mol. The Morgan fingerprint density at radius 2 is 2.16 bits per heavy atom. The number of nitrogens with zero attached hydrogens (tertiary/aromatic N) is 1. The smallest absolute Gasteiger partial charge is 0.292 e. The van der Waals surface area contributed by atoms with Gasteiger partial charge < -0.3 is 11.1 Å². The maximum Gasteiger partial charge on any atom is 0.292 e. The second-order valence-electron chi connectivity index (χ2n) is 3.76. The molecule has 19 heavy (non-hydrogen) atoms. The predicted molar refractivity (Wildman–Crippen MR) is 73.0 cm³/mol. The van der Waals surface area contributed by atoms with Crippen molar-refractivity contribution in [1.82, 2.24) is 5.32 Å². The molecule has 0 bridgehead atoms. The van der Waals surface area contributed by atoms with E-state index in [0.717, 1.165) is 4.88 Å². The van der Waals surface area contributed by atoms with E-state index in [1.165, 1.54) is 29.5 Å². The molecule has 7 heteroatoms. The number of carbonyl (C=O) groups is 1. The second kappa shape index (κ2) is 5.49. The first-order chi connectivity index (χ1) is 9.09. The van der Waals surface area contributed by atoms with Crippen LogP contribution in [0.15, 0.2) is 35.7 Å². The van der Waals surface area contributed by atoms with E-state index in [4.69, 9.17) is 5.73 Å². The van der Waals surface area contributed by atoms with Gasteiger partial charge in [0, 0.05) is 10.9 Å². The zero-order chi connectivity index (χ0) is 13.8. The molecule has 0 atom stereocenters. The number of thiophene rings is 1. The zero-order valence-electron chi connectivity index (χ0n) is 9.83. The molecule has 98 valence electrons. The molecule has 2 aromatic rings. The van der Waals surface area contributed by atoms with Crippen molar-refractivity contribution in [3.05, 3.63) is 56.3 Å². The monoisotopic (exact) mass is 277 g/mol. The number of nitrogens with two attached hydrogens (primary N) is 1. The number of nitrogens with one attached hydrogen (secondary N) is 1. The average molecular weight is 277 g/mol. The van der Waals surface area contributed by atoms with Crippen molar-refractivity contribution in [3.8, 4) is 0 Å². The van der Waals surface area contributed by atoms with Crippen molar-refractivity contribution >= 4 is 28.6 Å². The number of carbonyl (C=O) groups excluding carboxylic acids is 1. The maximum atomic E-state index is 11.9. The molecule has 0 spiro atoms. The summed E-state index contributed by atoms with van der Waals surface area (Å²) < 4.78 is 0. The first-order valence-electron chi connectivity index (χ1n) is 5.43.